The summed E-state index contributed by atoms with van der Waals surface area (Å²) in [5, 5.41) is 9.01. The van der Waals surface area contributed by atoms with Gasteiger partial charge in [-0.05, 0) is 19.4 Å². The summed E-state index contributed by atoms with van der Waals surface area (Å²) in [5.74, 6) is 0.0750. The van der Waals surface area contributed by atoms with Gasteiger partial charge >= 0.3 is 0 Å². The van der Waals surface area contributed by atoms with E-state index < -0.39 is 0 Å². The monoisotopic (exact) mass is 264 g/mol. The maximum absolute atomic E-state index is 12.1. The second-order valence-electron chi connectivity index (χ2n) is 5.02. The number of nitrogens with zero attached hydrogens (tertiary/aromatic N) is 2. The minimum absolute atomic E-state index is 0.0750. The molecule has 0 aliphatic carbocycles. The van der Waals surface area contributed by atoms with Gasteiger partial charge < -0.3 is 10.0 Å². The second-order valence-corrected chi connectivity index (χ2v) is 5.02. The Morgan fingerprint density at radius 1 is 1.26 bits per heavy atom. The summed E-state index contributed by atoms with van der Waals surface area (Å²) in [6.07, 6.45) is 0. The van der Waals surface area contributed by atoms with Crippen molar-refractivity contribution in [3.8, 4) is 0 Å². The minimum atomic E-state index is 0.0750. The highest BCUT2D eigenvalue weighted by molar-refractivity contribution is 5.78. The molecule has 0 aliphatic heterocycles. The quantitative estimate of drug-likeness (QED) is 0.808. The molecule has 1 aromatic carbocycles. The van der Waals surface area contributed by atoms with Crippen LogP contribution in [0.15, 0.2) is 30.3 Å². The summed E-state index contributed by atoms with van der Waals surface area (Å²) in [7, 11) is 1.81. The van der Waals surface area contributed by atoms with Crippen molar-refractivity contribution in [3.05, 3.63) is 35.9 Å². The minimum Gasteiger partial charge on any atom is -0.395 e. The molecule has 0 aliphatic rings. The third-order valence-electron chi connectivity index (χ3n) is 3.14. The first-order chi connectivity index (χ1) is 9.04. The van der Waals surface area contributed by atoms with Gasteiger partial charge in [0.05, 0.1) is 13.2 Å². The van der Waals surface area contributed by atoms with E-state index in [1.807, 2.05) is 56.1 Å². The van der Waals surface area contributed by atoms with E-state index >= 15 is 0 Å². The van der Waals surface area contributed by atoms with Crippen LogP contribution in [0.5, 0.6) is 0 Å². The number of likely N-dealkylation sites (N-methyl/N-ethyl adjacent to an activating group) is 1. The highest BCUT2D eigenvalue weighted by Crippen LogP contribution is 2.04. The fourth-order valence-corrected chi connectivity index (χ4v) is 1.89. The van der Waals surface area contributed by atoms with E-state index in [4.69, 9.17) is 5.11 Å². The highest BCUT2D eigenvalue weighted by atomic mass is 16.3. The summed E-state index contributed by atoms with van der Waals surface area (Å²) in [5.41, 5.74) is 1.12. The average Bonchev–Trinajstić information content (AvgIpc) is 2.39. The molecular formula is C15H24N2O2. The number of carbonyl (C=O) groups excluding carboxylic acids is 1. The Morgan fingerprint density at radius 3 is 2.42 bits per heavy atom. The molecule has 0 fully saturated rings. The molecule has 0 saturated heterocycles. The van der Waals surface area contributed by atoms with Crippen LogP contribution in [0.2, 0.25) is 0 Å². The highest BCUT2D eigenvalue weighted by Gasteiger charge is 2.16. The Hall–Kier alpha value is -1.39. The number of amides is 1. The zero-order valence-electron chi connectivity index (χ0n) is 12.0. The normalized spacial score (nSPS) is 11.1. The van der Waals surface area contributed by atoms with Gasteiger partial charge in [-0.1, -0.05) is 30.3 Å². The first kappa shape index (κ1) is 15.7. The van der Waals surface area contributed by atoms with E-state index in [1.165, 1.54) is 0 Å². The SMILES string of the molecule is CC(C)N(CCO)CC(=O)N(C)Cc1ccccc1. The third-order valence-corrected chi connectivity index (χ3v) is 3.14. The molecule has 1 amide bonds. The van der Waals surface area contributed by atoms with Gasteiger partial charge in [-0.2, -0.15) is 0 Å². The summed E-state index contributed by atoms with van der Waals surface area (Å²) < 4.78 is 0. The lowest BCUT2D eigenvalue weighted by Crippen LogP contribution is -2.42. The Kier molecular flexibility index (Phi) is 6.53. The number of aliphatic hydroxyl groups is 1. The van der Waals surface area contributed by atoms with Crippen molar-refractivity contribution in [2.75, 3.05) is 26.7 Å². The largest absolute Gasteiger partial charge is 0.395 e. The van der Waals surface area contributed by atoms with E-state index in [0.29, 0.717) is 19.6 Å². The van der Waals surface area contributed by atoms with E-state index in [9.17, 15) is 4.79 Å². The molecule has 19 heavy (non-hydrogen) atoms. The van der Waals surface area contributed by atoms with Gasteiger partial charge in [0.25, 0.3) is 0 Å². The molecule has 0 atom stereocenters. The van der Waals surface area contributed by atoms with Gasteiger partial charge in [0.15, 0.2) is 0 Å². The van der Waals surface area contributed by atoms with Crippen molar-refractivity contribution in [3.63, 3.8) is 0 Å². The van der Waals surface area contributed by atoms with Crippen molar-refractivity contribution in [1.82, 2.24) is 9.80 Å². The average molecular weight is 264 g/mol. The standard InChI is InChI=1S/C15H24N2O2/c1-13(2)17(9-10-18)12-15(19)16(3)11-14-7-5-4-6-8-14/h4-8,13,18H,9-12H2,1-3H3. The Labute approximate surface area is 115 Å². The molecule has 0 unspecified atom stereocenters. The fraction of sp³-hybridized carbons (Fsp3) is 0.533. The summed E-state index contributed by atoms with van der Waals surface area (Å²) in [4.78, 5) is 15.8. The topological polar surface area (TPSA) is 43.8 Å². The smallest absolute Gasteiger partial charge is 0.236 e. The summed E-state index contributed by atoms with van der Waals surface area (Å²) in [6.45, 7) is 5.63. The fourth-order valence-electron chi connectivity index (χ4n) is 1.89. The lowest BCUT2D eigenvalue weighted by atomic mass is 10.2. The zero-order valence-corrected chi connectivity index (χ0v) is 12.0. The van der Waals surface area contributed by atoms with Crippen LogP contribution >= 0.6 is 0 Å². The molecule has 4 heteroatoms. The van der Waals surface area contributed by atoms with E-state index in [1.54, 1.807) is 4.90 Å². The summed E-state index contributed by atoms with van der Waals surface area (Å²) in [6, 6.07) is 10.2. The van der Waals surface area contributed by atoms with Crippen molar-refractivity contribution in [1.29, 1.82) is 0 Å². The molecule has 0 aromatic heterocycles. The molecule has 0 saturated carbocycles. The molecule has 0 bridgehead atoms. The number of hydrogen-bond donors (Lipinski definition) is 1. The lowest BCUT2D eigenvalue weighted by molar-refractivity contribution is -0.132. The number of aliphatic hydroxyl groups excluding tert-OH is 1. The number of rotatable bonds is 7. The van der Waals surface area contributed by atoms with Crippen LogP contribution in [0.1, 0.15) is 19.4 Å². The molecule has 1 rings (SSSR count). The zero-order chi connectivity index (χ0) is 14.3. The molecular weight excluding hydrogens is 240 g/mol. The van der Waals surface area contributed by atoms with Crippen LogP contribution in [-0.4, -0.2) is 53.6 Å². The first-order valence-electron chi connectivity index (χ1n) is 6.67. The Bertz CT molecular complexity index is 379. The maximum Gasteiger partial charge on any atom is 0.236 e. The van der Waals surface area contributed by atoms with Crippen LogP contribution in [0.25, 0.3) is 0 Å². The summed E-state index contributed by atoms with van der Waals surface area (Å²) >= 11 is 0. The third kappa shape index (κ3) is 5.41. The molecule has 106 valence electrons. The van der Waals surface area contributed by atoms with Gasteiger partial charge in [0.1, 0.15) is 0 Å². The van der Waals surface area contributed by atoms with Gasteiger partial charge in [-0.15, -0.1) is 0 Å². The molecule has 0 radical (unpaired) electrons. The van der Waals surface area contributed by atoms with Crippen LogP contribution in [0.4, 0.5) is 0 Å². The van der Waals surface area contributed by atoms with Crippen molar-refractivity contribution < 1.29 is 9.90 Å². The van der Waals surface area contributed by atoms with E-state index in [-0.39, 0.29) is 18.6 Å². The van der Waals surface area contributed by atoms with E-state index in [2.05, 4.69) is 0 Å². The predicted octanol–water partition coefficient (Wildman–Crippen LogP) is 1.35. The maximum atomic E-state index is 12.1. The Balaban J connectivity index is 2.52. The van der Waals surface area contributed by atoms with Crippen molar-refractivity contribution >= 4 is 5.91 Å². The molecule has 0 heterocycles. The van der Waals surface area contributed by atoms with Gasteiger partial charge in [-0.3, -0.25) is 9.69 Å². The lowest BCUT2D eigenvalue weighted by Gasteiger charge is -2.27. The van der Waals surface area contributed by atoms with Crippen LogP contribution in [0, 0.1) is 0 Å². The van der Waals surface area contributed by atoms with Crippen molar-refractivity contribution in [2.24, 2.45) is 0 Å². The van der Waals surface area contributed by atoms with Gasteiger partial charge in [0, 0.05) is 26.2 Å². The molecule has 0 spiro atoms. The van der Waals surface area contributed by atoms with Gasteiger partial charge in [0.2, 0.25) is 5.91 Å². The van der Waals surface area contributed by atoms with Crippen LogP contribution in [0.3, 0.4) is 0 Å². The van der Waals surface area contributed by atoms with E-state index in [0.717, 1.165) is 5.56 Å². The number of benzene rings is 1. The van der Waals surface area contributed by atoms with Crippen LogP contribution < -0.4 is 0 Å². The molecule has 4 nitrogen and oxygen atoms in total. The Morgan fingerprint density at radius 2 is 1.89 bits per heavy atom. The number of carbonyl (C=O) groups is 1. The van der Waals surface area contributed by atoms with Crippen LogP contribution in [-0.2, 0) is 11.3 Å². The second kappa shape index (κ2) is 7.92. The first-order valence-corrected chi connectivity index (χ1v) is 6.67. The predicted molar refractivity (Wildman–Crippen MR) is 76.7 cm³/mol. The number of hydrogen-bond acceptors (Lipinski definition) is 3. The molecule has 1 N–H and O–H groups in total. The molecule has 1 aromatic rings. The van der Waals surface area contributed by atoms with Crippen molar-refractivity contribution in [2.45, 2.75) is 26.4 Å². The van der Waals surface area contributed by atoms with Gasteiger partial charge in [-0.25, -0.2) is 0 Å².